The number of hydrogen-bond acceptors (Lipinski definition) is 3. The second kappa shape index (κ2) is 11.5. The van der Waals surface area contributed by atoms with Crippen molar-refractivity contribution >= 4 is 17.9 Å². The van der Waals surface area contributed by atoms with Crippen molar-refractivity contribution in [2.45, 2.75) is 30.8 Å². The van der Waals surface area contributed by atoms with Crippen molar-refractivity contribution in [1.29, 1.82) is 0 Å². The van der Waals surface area contributed by atoms with E-state index < -0.39 is 0 Å². The van der Waals surface area contributed by atoms with E-state index in [1.165, 1.54) is 11.1 Å². The van der Waals surface area contributed by atoms with Crippen LogP contribution in [-0.4, -0.2) is 18.8 Å². The van der Waals surface area contributed by atoms with Crippen LogP contribution in [0.5, 0.6) is 11.5 Å². The summed E-state index contributed by atoms with van der Waals surface area (Å²) < 4.78 is 11.9. The third-order valence-electron chi connectivity index (χ3n) is 6.81. The summed E-state index contributed by atoms with van der Waals surface area (Å²) in [5.74, 6) is 2.94. The maximum absolute atomic E-state index is 12.0. The second-order valence-corrected chi connectivity index (χ2v) is 9.51. The van der Waals surface area contributed by atoms with Crippen LogP contribution in [0.3, 0.4) is 0 Å². The molecular weight excluding hydrogens is 468 g/mol. The third-order valence-corrected chi connectivity index (χ3v) is 7.08. The van der Waals surface area contributed by atoms with Gasteiger partial charge in [-0.15, -0.1) is 11.6 Å². The van der Waals surface area contributed by atoms with Crippen LogP contribution in [0.1, 0.15) is 56.8 Å². The van der Waals surface area contributed by atoms with Gasteiger partial charge in [-0.3, -0.25) is 4.79 Å². The minimum Gasteiger partial charge on any atom is -0.494 e. The Morgan fingerprint density at radius 1 is 0.694 bits per heavy atom. The molecule has 0 saturated heterocycles. The molecule has 0 bridgehead atoms. The van der Waals surface area contributed by atoms with Crippen LogP contribution in [0.4, 0.5) is 0 Å². The summed E-state index contributed by atoms with van der Waals surface area (Å²) in [6, 6.07) is 34.9. The fraction of sp³-hybridized carbons (Fsp3) is 0.219. The van der Waals surface area contributed by atoms with Gasteiger partial charge in [-0.2, -0.15) is 0 Å². The number of carbonyl (C=O) groups excluding carboxylic acids is 1. The molecule has 4 aromatic rings. The molecule has 1 saturated carbocycles. The van der Waals surface area contributed by atoms with Crippen LogP contribution in [0.2, 0.25) is 0 Å². The smallest absolute Gasteiger partial charge is 0.150 e. The number of aldehydes is 1. The van der Waals surface area contributed by atoms with Gasteiger partial charge in [-0.25, -0.2) is 0 Å². The van der Waals surface area contributed by atoms with Crippen LogP contribution in [-0.2, 0) is 6.61 Å². The molecule has 3 atom stereocenters. The molecule has 1 aliphatic rings. The zero-order valence-electron chi connectivity index (χ0n) is 20.1. The molecular formula is C32H29ClO3. The summed E-state index contributed by atoms with van der Waals surface area (Å²) in [6.45, 7) is 1.10. The number of rotatable bonds is 11. The molecule has 1 aliphatic carbocycles. The van der Waals surface area contributed by atoms with Crippen molar-refractivity contribution in [3.63, 3.8) is 0 Å². The van der Waals surface area contributed by atoms with E-state index in [4.69, 9.17) is 21.1 Å². The predicted octanol–water partition coefficient (Wildman–Crippen LogP) is 7.75. The molecule has 0 radical (unpaired) electrons. The number of benzene rings is 4. The van der Waals surface area contributed by atoms with Crippen molar-refractivity contribution in [3.05, 3.63) is 131 Å². The molecule has 0 spiro atoms. The van der Waals surface area contributed by atoms with E-state index >= 15 is 0 Å². The van der Waals surface area contributed by atoms with Gasteiger partial charge >= 0.3 is 0 Å². The average Bonchev–Trinajstić information content (AvgIpc) is 3.69. The summed E-state index contributed by atoms with van der Waals surface area (Å²) in [7, 11) is 0. The maximum atomic E-state index is 12.0. The zero-order chi connectivity index (χ0) is 24.7. The van der Waals surface area contributed by atoms with E-state index in [-0.39, 0.29) is 11.8 Å². The molecule has 5 rings (SSSR count). The highest BCUT2D eigenvalue weighted by atomic mass is 35.5. The van der Waals surface area contributed by atoms with Crippen molar-refractivity contribution in [1.82, 2.24) is 0 Å². The zero-order valence-corrected chi connectivity index (χ0v) is 20.8. The largest absolute Gasteiger partial charge is 0.494 e. The molecule has 0 aromatic heterocycles. The number of hydrogen-bond donors (Lipinski definition) is 0. The van der Waals surface area contributed by atoms with E-state index in [0.717, 1.165) is 40.9 Å². The lowest BCUT2D eigenvalue weighted by Crippen LogP contribution is -2.00. The van der Waals surface area contributed by atoms with E-state index in [2.05, 4.69) is 48.5 Å². The van der Waals surface area contributed by atoms with E-state index in [9.17, 15) is 4.79 Å². The van der Waals surface area contributed by atoms with Gasteiger partial charge in [0.25, 0.3) is 0 Å². The maximum Gasteiger partial charge on any atom is 0.150 e. The second-order valence-electron chi connectivity index (χ2n) is 9.13. The fourth-order valence-corrected chi connectivity index (χ4v) is 5.12. The molecule has 4 heteroatoms. The SMILES string of the molecule is O=Cc1ccc(OCCCCl)cc1C1C(c2ccccc2)C1c1ccc(OCc2ccccc2)cc1. The minimum absolute atomic E-state index is 0.195. The highest BCUT2D eigenvalue weighted by Gasteiger charge is 2.53. The Morgan fingerprint density at radius 3 is 2.00 bits per heavy atom. The quantitative estimate of drug-likeness (QED) is 0.121. The Labute approximate surface area is 217 Å². The van der Waals surface area contributed by atoms with Gasteiger partial charge in [0, 0.05) is 11.4 Å². The first-order chi connectivity index (χ1) is 17.8. The van der Waals surface area contributed by atoms with Crippen molar-refractivity contribution in [2.75, 3.05) is 12.5 Å². The Hall–Kier alpha value is -3.56. The first-order valence-corrected chi connectivity index (χ1v) is 12.9. The summed E-state index contributed by atoms with van der Waals surface area (Å²) in [5.41, 5.74) is 5.42. The molecule has 0 heterocycles. The van der Waals surface area contributed by atoms with E-state index in [1.54, 1.807) is 0 Å². The van der Waals surface area contributed by atoms with Crippen molar-refractivity contribution in [2.24, 2.45) is 0 Å². The first kappa shape index (κ1) is 24.1. The highest BCUT2D eigenvalue weighted by Crippen LogP contribution is 2.66. The van der Waals surface area contributed by atoms with Gasteiger partial charge in [-0.1, -0.05) is 72.8 Å². The summed E-state index contributed by atoms with van der Waals surface area (Å²) in [6.07, 6.45) is 1.74. The number of ether oxygens (including phenoxy) is 2. The Morgan fingerprint density at radius 2 is 1.33 bits per heavy atom. The summed E-state index contributed by atoms with van der Waals surface area (Å²) in [5, 5.41) is 0. The molecule has 3 nitrogen and oxygen atoms in total. The molecule has 4 aromatic carbocycles. The van der Waals surface area contributed by atoms with E-state index in [0.29, 0.717) is 25.0 Å². The predicted molar refractivity (Wildman–Crippen MR) is 145 cm³/mol. The first-order valence-electron chi connectivity index (χ1n) is 12.4. The summed E-state index contributed by atoms with van der Waals surface area (Å²) in [4.78, 5) is 12.0. The van der Waals surface area contributed by atoms with Crippen molar-refractivity contribution < 1.29 is 14.3 Å². The van der Waals surface area contributed by atoms with Crippen LogP contribution in [0.15, 0.2) is 103 Å². The lowest BCUT2D eigenvalue weighted by atomic mass is 9.99. The third kappa shape index (κ3) is 5.47. The topological polar surface area (TPSA) is 35.5 Å². The summed E-state index contributed by atoms with van der Waals surface area (Å²) >= 11 is 5.81. The number of alkyl halides is 1. The van der Waals surface area contributed by atoms with Gasteiger partial charge in [0.2, 0.25) is 0 Å². The Kier molecular flexibility index (Phi) is 7.68. The molecule has 0 N–H and O–H groups in total. The Balaban J connectivity index is 1.40. The van der Waals surface area contributed by atoms with Gasteiger partial charge in [0.15, 0.2) is 0 Å². The minimum atomic E-state index is 0.195. The lowest BCUT2D eigenvalue weighted by molar-refractivity contribution is 0.112. The molecule has 182 valence electrons. The molecule has 0 aliphatic heterocycles. The fourth-order valence-electron chi connectivity index (χ4n) is 5.01. The average molecular weight is 497 g/mol. The standard InChI is InChI=1S/C32H29ClO3/c33-18-7-19-35-28-17-14-26(21-34)29(20-28)32-30(24-10-5-2-6-11-24)31(32)25-12-15-27(16-13-25)36-22-23-8-3-1-4-9-23/h1-6,8-17,20-21,30-32H,7,18-19,22H2. The molecule has 1 fully saturated rings. The van der Waals surface area contributed by atoms with Crippen molar-refractivity contribution in [3.8, 4) is 11.5 Å². The lowest BCUT2D eigenvalue weighted by Gasteiger charge is -2.10. The molecule has 36 heavy (non-hydrogen) atoms. The van der Waals surface area contributed by atoms with Crippen LogP contribution < -0.4 is 9.47 Å². The number of halogens is 1. The number of carbonyl (C=O) groups is 1. The van der Waals surface area contributed by atoms with Crippen LogP contribution in [0.25, 0.3) is 0 Å². The van der Waals surface area contributed by atoms with Crippen LogP contribution in [0, 0.1) is 0 Å². The monoisotopic (exact) mass is 496 g/mol. The normalized spacial score (nSPS) is 18.4. The Bertz CT molecular complexity index is 1270. The van der Waals surface area contributed by atoms with Crippen LogP contribution >= 0.6 is 11.6 Å². The molecule has 3 unspecified atom stereocenters. The van der Waals surface area contributed by atoms with Gasteiger partial charge < -0.3 is 9.47 Å². The highest BCUT2D eigenvalue weighted by molar-refractivity contribution is 6.17. The van der Waals surface area contributed by atoms with Gasteiger partial charge in [0.1, 0.15) is 24.4 Å². The molecule has 0 amide bonds. The van der Waals surface area contributed by atoms with Gasteiger partial charge in [-0.05, 0) is 76.8 Å². The van der Waals surface area contributed by atoms with Gasteiger partial charge in [0.05, 0.1) is 6.61 Å². The van der Waals surface area contributed by atoms with E-state index in [1.807, 2.05) is 54.6 Å².